The van der Waals surface area contributed by atoms with E-state index in [0.717, 1.165) is 12.8 Å². The van der Waals surface area contributed by atoms with Crippen LogP contribution in [0.2, 0.25) is 0 Å². The van der Waals surface area contributed by atoms with Gasteiger partial charge in [0.15, 0.2) is 24.4 Å². The summed E-state index contributed by atoms with van der Waals surface area (Å²) < 4.78 is 19.2. The molecule has 1 aliphatic carbocycles. The molecule has 0 bridgehead atoms. The lowest BCUT2D eigenvalue weighted by molar-refractivity contribution is -0.151. The fourth-order valence-electron chi connectivity index (χ4n) is 3.84. The number of ether oxygens (including phenoxy) is 4. The Bertz CT molecular complexity index is 644. The summed E-state index contributed by atoms with van der Waals surface area (Å²) in [7, 11) is 2.62. The molecular weight excluding hydrogens is 412 g/mol. The SMILES string of the molecule is C=C[C@@H](O)C1OC(=O)[C@H](OC)C1O.CO[C@H]1C(=O)OC([C@H](O)/C=C/C2CCCC2)C1O. The first kappa shape index (κ1) is 25.4. The number of allylic oxidation sites excluding steroid dienone is 1. The van der Waals surface area contributed by atoms with E-state index in [2.05, 4.69) is 6.58 Å². The molecule has 2 saturated heterocycles. The van der Waals surface area contributed by atoms with Gasteiger partial charge in [0, 0.05) is 14.2 Å². The molecular formula is C21H32O10. The van der Waals surface area contributed by atoms with Crippen molar-refractivity contribution >= 4 is 11.9 Å². The molecule has 0 spiro atoms. The molecule has 0 aromatic heterocycles. The third-order valence-corrected chi connectivity index (χ3v) is 5.67. The van der Waals surface area contributed by atoms with Gasteiger partial charge >= 0.3 is 11.9 Å². The summed E-state index contributed by atoms with van der Waals surface area (Å²) in [5, 5.41) is 38.4. The molecule has 10 nitrogen and oxygen atoms in total. The molecule has 0 aromatic carbocycles. The molecule has 3 rings (SSSR count). The Labute approximate surface area is 181 Å². The van der Waals surface area contributed by atoms with Crippen molar-refractivity contribution in [2.24, 2.45) is 5.92 Å². The van der Waals surface area contributed by atoms with Gasteiger partial charge in [-0.15, -0.1) is 6.58 Å². The Balaban J connectivity index is 0.000000233. The molecule has 3 fully saturated rings. The van der Waals surface area contributed by atoms with Crippen molar-refractivity contribution in [1.29, 1.82) is 0 Å². The van der Waals surface area contributed by atoms with Gasteiger partial charge in [-0.1, -0.05) is 31.1 Å². The maximum absolute atomic E-state index is 11.3. The molecule has 0 aromatic rings. The van der Waals surface area contributed by atoms with Crippen LogP contribution in [0.4, 0.5) is 0 Å². The van der Waals surface area contributed by atoms with E-state index in [1.807, 2.05) is 6.08 Å². The van der Waals surface area contributed by atoms with Crippen LogP contribution in [-0.4, -0.2) is 95.4 Å². The highest BCUT2D eigenvalue weighted by atomic mass is 16.6. The molecule has 8 atom stereocenters. The van der Waals surface area contributed by atoms with E-state index >= 15 is 0 Å². The van der Waals surface area contributed by atoms with E-state index in [0.29, 0.717) is 5.92 Å². The molecule has 0 amide bonds. The first-order valence-corrected chi connectivity index (χ1v) is 10.2. The van der Waals surface area contributed by atoms with Crippen LogP contribution in [0.3, 0.4) is 0 Å². The molecule has 3 aliphatic rings. The predicted octanol–water partition coefficient (Wildman–Crippen LogP) is -0.770. The zero-order valence-corrected chi connectivity index (χ0v) is 17.7. The molecule has 4 unspecified atom stereocenters. The van der Waals surface area contributed by atoms with Gasteiger partial charge in [0.2, 0.25) is 0 Å². The summed E-state index contributed by atoms with van der Waals surface area (Å²) in [6.07, 6.45) is 1.25. The van der Waals surface area contributed by atoms with Crippen molar-refractivity contribution in [2.45, 2.75) is 74.5 Å². The maximum atomic E-state index is 11.3. The summed E-state index contributed by atoms with van der Waals surface area (Å²) in [6, 6.07) is 0. The average Bonchev–Trinajstić information content (AvgIpc) is 3.44. The van der Waals surface area contributed by atoms with Crippen molar-refractivity contribution in [3.8, 4) is 0 Å². The summed E-state index contributed by atoms with van der Waals surface area (Å²) >= 11 is 0. The smallest absolute Gasteiger partial charge is 0.338 e. The number of aliphatic hydroxyl groups is 4. The second kappa shape index (κ2) is 11.7. The number of hydrogen-bond donors (Lipinski definition) is 4. The zero-order valence-electron chi connectivity index (χ0n) is 17.7. The highest BCUT2D eigenvalue weighted by Crippen LogP contribution is 2.27. The molecule has 2 aliphatic heterocycles. The number of esters is 2. The molecule has 31 heavy (non-hydrogen) atoms. The predicted molar refractivity (Wildman–Crippen MR) is 107 cm³/mol. The monoisotopic (exact) mass is 444 g/mol. The molecule has 1 saturated carbocycles. The second-order valence-corrected chi connectivity index (χ2v) is 7.74. The first-order valence-electron chi connectivity index (χ1n) is 10.2. The minimum absolute atomic E-state index is 0.493. The third-order valence-electron chi connectivity index (χ3n) is 5.67. The van der Waals surface area contributed by atoms with Crippen molar-refractivity contribution in [3.05, 3.63) is 24.8 Å². The Morgan fingerprint density at radius 1 is 0.935 bits per heavy atom. The summed E-state index contributed by atoms with van der Waals surface area (Å²) in [5.41, 5.74) is 0. The van der Waals surface area contributed by atoms with Gasteiger partial charge in [-0.05, 0) is 18.8 Å². The minimum Gasteiger partial charge on any atom is -0.454 e. The van der Waals surface area contributed by atoms with Gasteiger partial charge < -0.3 is 39.4 Å². The number of methoxy groups -OCH3 is 2. The quantitative estimate of drug-likeness (QED) is 0.291. The highest BCUT2D eigenvalue weighted by Gasteiger charge is 2.47. The van der Waals surface area contributed by atoms with Crippen LogP contribution >= 0.6 is 0 Å². The Kier molecular flexibility index (Phi) is 9.60. The lowest BCUT2D eigenvalue weighted by Gasteiger charge is -2.18. The van der Waals surface area contributed by atoms with Crippen LogP contribution in [0, 0.1) is 5.92 Å². The van der Waals surface area contributed by atoms with Crippen LogP contribution in [-0.2, 0) is 28.5 Å². The first-order chi connectivity index (χ1) is 14.7. The Morgan fingerprint density at radius 2 is 1.39 bits per heavy atom. The summed E-state index contributed by atoms with van der Waals surface area (Å²) in [5.74, 6) is -0.795. The van der Waals surface area contributed by atoms with Gasteiger partial charge in [-0.3, -0.25) is 0 Å². The number of rotatable bonds is 7. The van der Waals surface area contributed by atoms with Crippen molar-refractivity contribution in [2.75, 3.05) is 14.2 Å². The molecule has 10 heteroatoms. The van der Waals surface area contributed by atoms with E-state index in [4.69, 9.17) is 18.9 Å². The molecule has 4 N–H and O–H groups in total. The normalized spacial score (nSPS) is 35.4. The Hall–Kier alpha value is -1.82. The van der Waals surface area contributed by atoms with Crippen LogP contribution in [0.25, 0.3) is 0 Å². The maximum Gasteiger partial charge on any atom is 0.338 e. The van der Waals surface area contributed by atoms with Crippen molar-refractivity contribution in [1.82, 2.24) is 0 Å². The van der Waals surface area contributed by atoms with Gasteiger partial charge in [0.05, 0.1) is 0 Å². The van der Waals surface area contributed by atoms with E-state index in [-0.39, 0.29) is 0 Å². The molecule has 2 heterocycles. The van der Waals surface area contributed by atoms with E-state index in [9.17, 15) is 30.0 Å². The summed E-state index contributed by atoms with van der Waals surface area (Å²) in [6.45, 7) is 3.32. The topological polar surface area (TPSA) is 152 Å². The molecule has 0 radical (unpaired) electrons. The summed E-state index contributed by atoms with van der Waals surface area (Å²) in [4.78, 5) is 22.3. The average molecular weight is 444 g/mol. The van der Waals surface area contributed by atoms with Crippen molar-refractivity contribution in [3.63, 3.8) is 0 Å². The number of carbonyl (C=O) groups excluding carboxylic acids is 2. The number of cyclic esters (lactones) is 2. The van der Waals surface area contributed by atoms with E-state index in [1.165, 1.54) is 33.1 Å². The third kappa shape index (κ3) is 6.12. The Morgan fingerprint density at radius 3 is 1.77 bits per heavy atom. The standard InChI is InChI=1S/C13H20O5.C8H12O5/c1-17-12-10(15)11(18-13(12)16)9(14)7-6-8-4-2-3-5-8;1-3-4(9)6-5(10)7(12-2)8(11)13-6/h6-12,14-15H,2-5H2,1H3;3-7,9-10H,1H2,2H3/b7-6+;/t9-,10?,11?,12-;4-,5?,6?,7-/m11/s1. The fraction of sp³-hybridized carbons (Fsp3) is 0.714. The van der Waals surface area contributed by atoms with E-state index in [1.54, 1.807) is 6.08 Å². The van der Waals surface area contributed by atoms with Gasteiger partial charge in [-0.25, -0.2) is 9.59 Å². The fourth-order valence-corrected chi connectivity index (χ4v) is 3.84. The zero-order chi connectivity index (χ0) is 23.1. The van der Waals surface area contributed by atoms with Crippen LogP contribution < -0.4 is 0 Å². The van der Waals surface area contributed by atoms with Gasteiger partial charge in [-0.2, -0.15) is 0 Å². The van der Waals surface area contributed by atoms with Crippen LogP contribution in [0.15, 0.2) is 24.8 Å². The number of carbonyl (C=O) groups is 2. The number of hydrogen-bond acceptors (Lipinski definition) is 10. The lowest BCUT2D eigenvalue weighted by Crippen LogP contribution is -2.38. The van der Waals surface area contributed by atoms with E-state index < -0.39 is 60.8 Å². The van der Waals surface area contributed by atoms with Crippen molar-refractivity contribution < 1.29 is 49.0 Å². The lowest BCUT2D eigenvalue weighted by atomic mass is 10.0. The van der Waals surface area contributed by atoms with Crippen LogP contribution in [0.1, 0.15) is 25.7 Å². The number of aliphatic hydroxyl groups excluding tert-OH is 4. The minimum atomic E-state index is -1.15. The largest absolute Gasteiger partial charge is 0.454 e. The van der Waals surface area contributed by atoms with Gasteiger partial charge in [0.25, 0.3) is 0 Å². The molecule has 176 valence electrons. The second-order valence-electron chi connectivity index (χ2n) is 7.74. The highest BCUT2D eigenvalue weighted by molar-refractivity contribution is 5.78. The van der Waals surface area contributed by atoms with Gasteiger partial charge in [0.1, 0.15) is 24.4 Å². The van der Waals surface area contributed by atoms with Crippen LogP contribution in [0.5, 0.6) is 0 Å².